The van der Waals surface area contributed by atoms with E-state index in [1.54, 1.807) is 11.3 Å². The van der Waals surface area contributed by atoms with Crippen LogP contribution in [0, 0.1) is 11.8 Å². The predicted molar refractivity (Wildman–Crippen MR) is 82.9 cm³/mol. The number of carbonyl (C=O) groups is 1. The van der Waals surface area contributed by atoms with E-state index in [0.717, 1.165) is 5.56 Å². The van der Waals surface area contributed by atoms with Gasteiger partial charge in [0.15, 0.2) is 0 Å². The first-order chi connectivity index (χ1) is 9.46. The van der Waals surface area contributed by atoms with E-state index in [1.165, 1.54) is 10.1 Å². The fourth-order valence-corrected chi connectivity index (χ4v) is 2.53. The molecule has 1 aromatic heterocycles. The van der Waals surface area contributed by atoms with Gasteiger partial charge in [0.05, 0.1) is 6.54 Å². The molecule has 0 spiro atoms. The van der Waals surface area contributed by atoms with Crippen molar-refractivity contribution < 1.29 is 9.53 Å². The van der Waals surface area contributed by atoms with Crippen molar-refractivity contribution in [2.24, 2.45) is 0 Å². The van der Waals surface area contributed by atoms with Gasteiger partial charge in [-0.05, 0) is 43.7 Å². The molecule has 0 unspecified atom stereocenters. The second-order valence-corrected chi connectivity index (χ2v) is 6.22. The maximum Gasteiger partial charge on any atom is 0.408 e. The number of benzene rings is 1. The Morgan fingerprint density at radius 3 is 2.90 bits per heavy atom. The van der Waals surface area contributed by atoms with Crippen LogP contribution in [0.25, 0.3) is 10.1 Å². The summed E-state index contributed by atoms with van der Waals surface area (Å²) in [4.78, 5) is 11.4. The number of hydrogen-bond donors (Lipinski definition) is 1. The summed E-state index contributed by atoms with van der Waals surface area (Å²) in [6.07, 6.45) is -0.443. The third-order valence-corrected chi connectivity index (χ3v) is 3.39. The molecule has 0 saturated heterocycles. The number of nitrogens with one attached hydrogen (secondary N) is 1. The number of fused-ring (bicyclic) bond motifs is 1. The van der Waals surface area contributed by atoms with Crippen LogP contribution in [-0.2, 0) is 4.74 Å². The Bertz CT molecular complexity index is 671. The standard InChI is InChI=1S/C16H17NO2S/c1-16(2,3)19-15(18)17-10-5-8-12-6-4-7-13-9-11-20-14(12)13/h4,6-7,9,11H,10H2,1-3H3,(H,17,18). The third kappa shape index (κ3) is 4.01. The van der Waals surface area contributed by atoms with Gasteiger partial charge in [0, 0.05) is 10.3 Å². The van der Waals surface area contributed by atoms with Gasteiger partial charge >= 0.3 is 6.09 Å². The summed E-state index contributed by atoms with van der Waals surface area (Å²) in [5, 5.41) is 5.87. The monoisotopic (exact) mass is 287 g/mol. The molecule has 3 nitrogen and oxygen atoms in total. The lowest BCUT2D eigenvalue weighted by atomic mass is 10.2. The summed E-state index contributed by atoms with van der Waals surface area (Å²) in [5.74, 6) is 6.03. The fourth-order valence-electron chi connectivity index (χ4n) is 1.66. The molecule has 20 heavy (non-hydrogen) atoms. The molecule has 1 N–H and O–H groups in total. The van der Waals surface area contributed by atoms with Crippen LogP contribution in [0.5, 0.6) is 0 Å². The Hall–Kier alpha value is -1.99. The lowest BCUT2D eigenvalue weighted by molar-refractivity contribution is 0.0535. The van der Waals surface area contributed by atoms with Gasteiger partial charge in [-0.2, -0.15) is 0 Å². The summed E-state index contributed by atoms with van der Waals surface area (Å²) in [6, 6.07) is 8.11. The summed E-state index contributed by atoms with van der Waals surface area (Å²) < 4.78 is 6.31. The highest BCUT2D eigenvalue weighted by Gasteiger charge is 2.14. The van der Waals surface area contributed by atoms with E-state index in [0.29, 0.717) is 0 Å². The Balaban J connectivity index is 1.95. The summed E-state index contributed by atoms with van der Waals surface area (Å²) in [7, 11) is 0. The molecule has 0 aliphatic carbocycles. The summed E-state index contributed by atoms with van der Waals surface area (Å²) >= 11 is 1.67. The molecule has 0 radical (unpaired) electrons. The molecule has 0 aliphatic heterocycles. The Labute approximate surface area is 122 Å². The smallest absolute Gasteiger partial charge is 0.408 e. The first-order valence-electron chi connectivity index (χ1n) is 6.38. The van der Waals surface area contributed by atoms with Crippen molar-refractivity contribution in [3.8, 4) is 11.8 Å². The predicted octanol–water partition coefficient (Wildman–Crippen LogP) is 3.78. The lowest BCUT2D eigenvalue weighted by Crippen LogP contribution is -2.32. The quantitative estimate of drug-likeness (QED) is 0.811. The highest BCUT2D eigenvalue weighted by atomic mass is 32.1. The van der Waals surface area contributed by atoms with Gasteiger partial charge in [-0.15, -0.1) is 11.3 Å². The van der Waals surface area contributed by atoms with Crippen molar-refractivity contribution in [3.05, 3.63) is 35.2 Å². The molecule has 0 atom stereocenters. The molecule has 0 aliphatic rings. The molecule has 0 bridgehead atoms. The van der Waals surface area contributed by atoms with E-state index in [-0.39, 0.29) is 6.54 Å². The largest absolute Gasteiger partial charge is 0.444 e. The van der Waals surface area contributed by atoms with Crippen LogP contribution < -0.4 is 5.32 Å². The van der Waals surface area contributed by atoms with Crippen LogP contribution in [-0.4, -0.2) is 18.2 Å². The third-order valence-electron chi connectivity index (χ3n) is 2.42. The van der Waals surface area contributed by atoms with Crippen molar-refractivity contribution in [2.45, 2.75) is 26.4 Å². The van der Waals surface area contributed by atoms with Gasteiger partial charge in [0.2, 0.25) is 0 Å². The van der Waals surface area contributed by atoms with Crippen molar-refractivity contribution in [1.82, 2.24) is 5.32 Å². The molecule has 1 heterocycles. The normalized spacial score (nSPS) is 10.8. The molecule has 2 aromatic rings. The Morgan fingerprint density at radius 1 is 1.35 bits per heavy atom. The zero-order chi connectivity index (χ0) is 14.6. The average Bonchev–Trinajstić information content (AvgIpc) is 2.81. The second kappa shape index (κ2) is 5.98. The van der Waals surface area contributed by atoms with Crippen LogP contribution in [0.4, 0.5) is 4.79 Å². The first-order valence-corrected chi connectivity index (χ1v) is 7.25. The highest BCUT2D eigenvalue weighted by Crippen LogP contribution is 2.23. The van der Waals surface area contributed by atoms with Crippen molar-refractivity contribution in [1.29, 1.82) is 0 Å². The Morgan fingerprint density at radius 2 is 2.15 bits per heavy atom. The van der Waals surface area contributed by atoms with E-state index in [4.69, 9.17) is 4.74 Å². The molecule has 104 valence electrons. The minimum atomic E-state index is -0.486. The number of carbonyl (C=O) groups excluding carboxylic acids is 1. The van der Waals surface area contributed by atoms with E-state index in [1.807, 2.05) is 32.9 Å². The van der Waals surface area contributed by atoms with Crippen LogP contribution in [0.15, 0.2) is 29.6 Å². The number of rotatable bonds is 1. The second-order valence-electron chi connectivity index (χ2n) is 5.30. The van der Waals surface area contributed by atoms with Gasteiger partial charge in [-0.1, -0.05) is 24.0 Å². The minimum Gasteiger partial charge on any atom is -0.444 e. The SMILES string of the molecule is CC(C)(C)OC(=O)NCC#Cc1cccc2ccsc12. The molecule has 1 aromatic carbocycles. The van der Waals surface area contributed by atoms with Gasteiger partial charge in [-0.25, -0.2) is 4.79 Å². The maximum atomic E-state index is 11.4. The van der Waals surface area contributed by atoms with Crippen LogP contribution >= 0.6 is 11.3 Å². The molecule has 0 saturated carbocycles. The zero-order valence-corrected chi connectivity index (χ0v) is 12.6. The topological polar surface area (TPSA) is 38.3 Å². The number of amides is 1. The minimum absolute atomic E-state index is 0.274. The molecule has 4 heteroatoms. The summed E-state index contributed by atoms with van der Waals surface area (Å²) in [6.45, 7) is 5.76. The van der Waals surface area contributed by atoms with Gasteiger partial charge in [0.25, 0.3) is 0 Å². The fraction of sp³-hybridized carbons (Fsp3) is 0.312. The van der Waals surface area contributed by atoms with E-state index < -0.39 is 11.7 Å². The number of ether oxygens (including phenoxy) is 1. The summed E-state index contributed by atoms with van der Waals surface area (Å²) in [5.41, 5.74) is 0.503. The molecular weight excluding hydrogens is 270 g/mol. The molecule has 1 amide bonds. The van der Waals surface area contributed by atoms with Crippen LogP contribution in [0.3, 0.4) is 0 Å². The van der Waals surface area contributed by atoms with Crippen LogP contribution in [0.2, 0.25) is 0 Å². The number of thiophene rings is 1. The van der Waals surface area contributed by atoms with Gasteiger partial charge < -0.3 is 10.1 Å². The molecule has 2 rings (SSSR count). The van der Waals surface area contributed by atoms with Crippen molar-refractivity contribution >= 4 is 27.5 Å². The lowest BCUT2D eigenvalue weighted by Gasteiger charge is -2.18. The molecular formula is C16H17NO2S. The zero-order valence-electron chi connectivity index (χ0n) is 11.8. The number of hydrogen-bond acceptors (Lipinski definition) is 3. The number of alkyl carbamates (subject to hydrolysis) is 1. The maximum absolute atomic E-state index is 11.4. The van der Waals surface area contributed by atoms with Gasteiger partial charge in [0.1, 0.15) is 5.60 Å². The van der Waals surface area contributed by atoms with E-state index in [9.17, 15) is 4.79 Å². The van der Waals surface area contributed by atoms with Crippen molar-refractivity contribution in [3.63, 3.8) is 0 Å². The molecule has 0 fully saturated rings. The average molecular weight is 287 g/mol. The van der Waals surface area contributed by atoms with Gasteiger partial charge in [-0.3, -0.25) is 0 Å². The van der Waals surface area contributed by atoms with Crippen molar-refractivity contribution in [2.75, 3.05) is 6.54 Å². The van der Waals surface area contributed by atoms with E-state index in [2.05, 4.69) is 34.7 Å². The van der Waals surface area contributed by atoms with Crippen LogP contribution in [0.1, 0.15) is 26.3 Å². The Kier molecular flexibility index (Phi) is 4.31. The first kappa shape index (κ1) is 14.4. The van der Waals surface area contributed by atoms with E-state index >= 15 is 0 Å². The highest BCUT2D eigenvalue weighted by molar-refractivity contribution is 7.17.